The van der Waals surface area contributed by atoms with Gasteiger partial charge in [-0.3, -0.25) is 12.2 Å². The summed E-state index contributed by atoms with van der Waals surface area (Å²) in [6, 6.07) is 0. The van der Waals surface area contributed by atoms with Crippen LogP contribution < -0.4 is 24.8 Å². The molecule has 3 heteroatoms. The van der Waals surface area contributed by atoms with Crippen LogP contribution in [0.1, 0.15) is 40.5 Å². The molecule has 0 unspecified atom stereocenters. The standard InChI is InChI=1S/2C7H9.CH2.2ClH.Ti/c2*1-6-4-3-5-7(6)2;;;;/h2*4H,3H2,1-2H3;1H2;2*1H;/q2*-1;;;;+2/p-2. The van der Waals surface area contributed by atoms with Gasteiger partial charge in [-0.2, -0.15) is 12.2 Å². The van der Waals surface area contributed by atoms with Crippen LogP contribution in [-0.4, -0.2) is 4.82 Å². The Balaban J connectivity index is -0.000000200. The van der Waals surface area contributed by atoms with Crippen LogP contribution in [0.25, 0.3) is 0 Å². The van der Waals surface area contributed by atoms with Crippen molar-refractivity contribution in [2.24, 2.45) is 0 Å². The van der Waals surface area contributed by atoms with Gasteiger partial charge in [0.2, 0.25) is 0 Å². The van der Waals surface area contributed by atoms with E-state index in [1.165, 1.54) is 22.3 Å². The van der Waals surface area contributed by atoms with Crippen molar-refractivity contribution in [3.05, 3.63) is 46.6 Å². The number of rotatable bonds is 0. The Morgan fingerprint density at radius 1 is 0.833 bits per heavy atom. The third-order valence-electron chi connectivity index (χ3n) is 2.73. The van der Waals surface area contributed by atoms with Crippen molar-refractivity contribution in [3.8, 4) is 0 Å². The smallest absolute Gasteiger partial charge is 1.00 e. The molecule has 0 heterocycles. The molecule has 0 aromatic heterocycles. The molecule has 0 saturated carbocycles. The summed E-state index contributed by atoms with van der Waals surface area (Å²) in [4.78, 5) is 3.25. The SMILES string of the molecule is CC1=[C-]CC=C1C.CC1=[C-]CC=C1C.[CH2]=[Ti+2].[Cl-].[Cl-]. The van der Waals surface area contributed by atoms with Gasteiger partial charge in [0, 0.05) is 0 Å². The molecule has 18 heavy (non-hydrogen) atoms. The second kappa shape index (κ2) is 13.6. The molecular formula is C15H20Cl2Ti-2. The number of hydrogen-bond acceptors (Lipinski definition) is 0. The summed E-state index contributed by atoms with van der Waals surface area (Å²) < 4.78 is 0. The second-order valence-electron chi connectivity index (χ2n) is 3.79. The minimum Gasteiger partial charge on any atom is -1.00 e. The summed E-state index contributed by atoms with van der Waals surface area (Å²) in [5.41, 5.74) is 5.42. The minimum absolute atomic E-state index is 0. The Morgan fingerprint density at radius 3 is 1.17 bits per heavy atom. The Kier molecular flexibility index (Phi) is 17.5. The third-order valence-corrected chi connectivity index (χ3v) is 2.73. The molecule has 0 bridgehead atoms. The Labute approximate surface area is 136 Å². The van der Waals surface area contributed by atoms with Crippen molar-refractivity contribution in [1.82, 2.24) is 0 Å². The first kappa shape index (κ1) is 23.2. The molecule has 2 rings (SSSR count). The quantitative estimate of drug-likeness (QED) is 0.363. The van der Waals surface area contributed by atoms with E-state index in [4.69, 9.17) is 0 Å². The molecule has 100 valence electrons. The first-order chi connectivity index (χ1) is 7.61. The van der Waals surface area contributed by atoms with Crippen LogP contribution in [0.3, 0.4) is 0 Å². The maximum absolute atomic E-state index is 3.25. The molecule has 0 atom stereocenters. The molecule has 0 nitrogen and oxygen atoms in total. The molecule has 2 aliphatic carbocycles. The molecule has 2 aliphatic rings. The van der Waals surface area contributed by atoms with Crippen molar-refractivity contribution in [3.63, 3.8) is 0 Å². The van der Waals surface area contributed by atoms with Gasteiger partial charge in [0.25, 0.3) is 0 Å². The fourth-order valence-electron chi connectivity index (χ4n) is 1.30. The molecule has 0 aliphatic heterocycles. The van der Waals surface area contributed by atoms with E-state index in [1.807, 2.05) is 0 Å². The average molecular weight is 319 g/mol. The fraction of sp³-hybridized carbons (Fsp3) is 0.400. The zero-order valence-electron chi connectivity index (χ0n) is 11.5. The maximum atomic E-state index is 3.25. The van der Waals surface area contributed by atoms with Gasteiger partial charge < -0.3 is 24.8 Å². The zero-order valence-corrected chi connectivity index (χ0v) is 14.6. The Morgan fingerprint density at radius 2 is 1.11 bits per heavy atom. The van der Waals surface area contributed by atoms with Gasteiger partial charge in [-0.25, -0.2) is 22.3 Å². The van der Waals surface area contributed by atoms with Gasteiger partial charge in [0.05, 0.1) is 0 Å². The van der Waals surface area contributed by atoms with Gasteiger partial charge >= 0.3 is 24.8 Å². The van der Waals surface area contributed by atoms with Crippen LogP contribution in [0, 0.1) is 12.2 Å². The maximum Gasteiger partial charge on any atom is -1.00 e. The zero-order chi connectivity index (χ0) is 12.6. The fourth-order valence-corrected chi connectivity index (χ4v) is 1.30. The van der Waals surface area contributed by atoms with Crippen LogP contribution in [0.4, 0.5) is 0 Å². The molecule has 0 aromatic carbocycles. The summed E-state index contributed by atoms with van der Waals surface area (Å²) in [6.07, 6.45) is 12.8. The van der Waals surface area contributed by atoms with E-state index in [1.54, 1.807) is 20.0 Å². The van der Waals surface area contributed by atoms with E-state index < -0.39 is 0 Å². The molecule has 0 N–H and O–H groups in total. The van der Waals surface area contributed by atoms with E-state index >= 15 is 0 Å². The molecule has 0 aromatic rings. The summed E-state index contributed by atoms with van der Waals surface area (Å²) >= 11 is 1.75. The van der Waals surface area contributed by atoms with E-state index in [9.17, 15) is 0 Å². The number of allylic oxidation sites excluding steroid dienone is 8. The van der Waals surface area contributed by atoms with E-state index in [0.29, 0.717) is 0 Å². The molecular weight excluding hydrogens is 299 g/mol. The van der Waals surface area contributed by atoms with E-state index in [-0.39, 0.29) is 24.8 Å². The minimum atomic E-state index is 0. The molecule has 0 saturated heterocycles. The predicted octanol–water partition coefficient (Wildman–Crippen LogP) is -1.86. The Bertz CT molecular complexity index is 284. The van der Waals surface area contributed by atoms with Crippen LogP contribution in [0.2, 0.25) is 0 Å². The van der Waals surface area contributed by atoms with Gasteiger partial charge in [0.15, 0.2) is 0 Å². The summed E-state index contributed by atoms with van der Waals surface area (Å²) in [5, 5.41) is 0. The van der Waals surface area contributed by atoms with Crippen LogP contribution >= 0.6 is 0 Å². The second-order valence-corrected chi connectivity index (χ2v) is 3.79. The first-order valence-corrected chi connectivity index (χ1v) is 6.56. The van der Waals surface area contributed by atoms with Crippen molar-refractivity contribution in [2.45, 2.75) is 40.5 Å². The van der Waals surface area contributed by atoms with Gasteiger partial charge in [0.1, 0.15) is 0 Å². The predicted molar refractivity (Wildman–Crippen MR) is 68.7 cm³/mol. The van der Waals surface area contributed by atoms with Crippen molar-refractivity contribution < 1.29 is 44.8 Å². The van der Waals surface area contributed by atoms with Gasteiger partial charge in [-0.1, -0.05) is 13.8 Å². The normalized spacial score (nSPS) is 15.2. The largest absolute Gasteiger partial charge is 1.00 e. The third kappa shape index (κ3) is 9.11. The first-order valence-electron chi connectivity index (χ1n) is 5.45. The summed E-state index contributed by atoms with van der Waals surface area (Å²) in [6.45, 7) is 8.43. The van der Waals surface area contributed by atoms with Crippen molar-refractivity contribution >= 4 is 4.82 Å². The molecule has 0 fully saturated rings. The number of halogens is 2. The van der Waals surface area contributed by atoms with E-state index in [0.717, 1.165) is 12.8 Å². The van der Waals surface area contributed by atoms with Crippen LogP contribution in [0.15, 0.2) is 34.4 Å². The summed E-state index contributed by atoms with van der Waals surface area (Å²) in [5.74, 6) is 0. The van der Waals surface area contributed by atoms with Crippen molar-refractivity contribution in [1.29, 1.82) is 0 Å². The monoisotopic (exact) mass is 318 g/mol. The number of hydrogen-bond donors (Lipinski definition) is 0. The van der Waals surface area contributed by atoms with Crippen LogP contribution in [-0.2, 0) is 20.0 Å². The average Bonchev–Trinajstić information content (AvgIpc) is 2.83. The Hall–Kier alpha value is 0.124. The van der Waals surface area contributed by atoms with Gasteiger partial charge in [-0.15, -0.1) is 26.7 Å². The molecule has 0 amide bonds. The van der Waals surface area contributed by atoms with Crippen LogP contribution in [0.5, 0.6) is 0 Å². The molecule has 0 radical (unpaired) electrons. The van der Waals surface area contributed by atoms with Gasteiger partial charge in [-0.05, 0) is 0 Å². The van der Waals surface area contributed by atoms with Crippen molar-refractivity contribution in [2.75, 3.05) is 0 Å². The van der Waals surface area contributed by atoms with E-state index in [2.05, 4.69) is 56.8 Å². The summed E-state index contributed by atoms with van der Waals surface area (Å²) in [7, 11) is 0. The topological polar surface area (TPSA) is 0 Å². The molecule has 0 spiro atoms.